The zero-order chi connectivity index (χ0) is 21.5. The average molecular weight is 439 g/mol. The Morgan fingerprint density at radius 3 is 2.14 bits per heavy atom. The molecule has 0 aliphatic rings. The zero-order valence-corrected chi connectivity index (χ0v) is 18.1. The summed E-state index contributed by atoms with van der Waals surface area (Å²) < 4.78 is 51.4. The number of sulfone groups is 1. The lowest BCUT2D eigenvalue weighted by atomic mass is 10.2. The minimum Gasteiger partial charge on any atom is -0.352 e. The number of sulfonamides is 1. The SMILES string of the molecule is CCC(C)NS(=O)(=O)c1ccc(C(=O)NCCCS(=O)(=O)c2ccccc2)cc1. The fourth-order valence-corrected chi connectivity index (χ4v) is 5.17. The average Bonchev–Trinajstić information content (AvgIpc) is 2.71. The molecule has 0 aliphatic carbocycles. The Morgan fingerprint density at radius 1 is 0.931 bits per heavy atom. The van der Waals surface area contributed by atoms with Gasteiger partial charge in [0, 0.05) is 18.2 Å². The van der Waals surface area contributed by atoms with Crippen LogP contribution < -0.4 is 10.0 Å². The van der Waals surface area contributed by atoms with Crippen LogP contribution in [0.1, 0.15) is 37.0 Å². The largest absolute Gasteiger partial charge is 0.352 e. The summed E-state index contributed by atoms with van der Waals surface area (Å²) in [5.74, 6) is -0.462. The molecule has 0 aliphatic heterocycles. The van der Waals surface area contributed by atoms with Crippen LogP contribution in [0.25, 0.3) is 0 Å². The number of nitrogens with one attached hydrogen (secondary N) is 2. The smallest absolute Gasteiger partial charge is 0.251 e. The van der Waals surface area contributed by atoms with Gasteiger partial charge in [0.2, 0.25) is 10.0 Å². The normalized spacial score (nSPS) is 13.0. The van der Waals surface area contributed by atoms with Crippen molar-refractivity contribution in [1.29, 1.82) is 0 Å². The number of amides is 1. The quantitative estimate of drug-likeness (QED) is 0.554. The van der Waals surface area contributed by atoms with E-state index >= 15 is 0 Å². The first-order valence-corrected chi connectivity index (χ1v) is 12.5. The molecule has 0 heterocycles. The van der Waals surface area contributed by atoms with Crippen LogP contribution in [-0.4, -0.2) is 41.1 Å². The Hall–Kier alpha value is -2.23. The van der Waals surface area contributed by atoms with Crippen LogP contribution in [0.5, 0.6) is 0 Å². The monoisotopic (exact) mass is 438 g/mol. The lowest BCUT2D eigenvalue weighted by Gasteiger charge is -2.12. The molecule has 7 nitrogen and oxygen atoms in total. The first-order chi connectivity index (χ1) is 13.7. The third-order valence-corrected chi connectivity index (χ3v) is 7.80. The number of rotatable bonds is 10. The highest BCUT2D eigenvalue weighted by Crippen LogP contribution is 2.13. The van der Waals surface area contributed by atoms with E-state index in [1.54, 1.807) is 37.3 Å². The first-order valence-electron chi connectivity index (χ1n) is 9.34. The van der Waals surface area contributed by atoms with Gasteiger partial charge in [0.15, 0.2) is 9.84 Å². The molecular formula is C20H26N2O5S2. The standard InChI is InChI=1S/C20H26N2O5S2/c1-3-16(2)22-29(26,27)19-12-10-17(11-13-19)20(23)21-14-7-15-28(24,25)18-8-5-4-6-9-18/h4-6,8-13,16,22H,3,7,14-15H2,1-2H3,(H,21,23). The van der Waals surface area contributed by atoms with E-state index in [9.17, 15) is 21.6 Å². The van der Waals surface area contributed by atoms with Gasteiger partial charge in [0.1, 0.15) is 0 Å². The van der Waals surface area contributed by atoms with E-state index in [4.69, 9.17) is 0 Å². The molecule has 1 atom stereocenters. The van der Waals surface area contributed by atoms with Gasteiger partial charge in [0.25, 0.3) is 5.91 Å². The van der Waals surface area contributed by atoms with Crippen LogP contribution in [0.3, 0.4) is 0 Å². The number of hydrogen-bond acceptors (Lipinski definition) is 5. The molecule has 1 unspecified atom stereocenters. The minimum atomic E-state index is -3.63. The molecule has 2 aromatic rings. The summed E-state index contributed by atoms with van der Waals surface area (Å²) in [6.07, 6.45) is 0.938. The lowest BCUT2D eigenvalue weighted by Crippen LogP contribution is -2.32. The molecule has 158 valence electrons. The number of carbonyl (C=O) groups is 1. The molecule has 0 saturated carbocycles. The second-order valence-electron chi connectivity index (χ2n) is 6.70. The van der Waals surface area contributed by atoms with Crippen LogP contribution in [0.4, 0.5) is 0 Å². The van der Waals surface area contributed by atoms with Gasteiger partial charge in [-0.05, 0) is 56.2 Å². The Bertz CT molecular complexity index is 1020. The summed E-state index contributed by atoms with van der Waals surface area (Å²) in [6, 6.07) is 13.6. The van der Waals surface area contributed by atoms with E-state index in [2.05, 4.69) is 10.0 Å². The van der Waals surface area contributed by atoms with E-state index in [0.717, 1.165) is 0 Å². The molecule has 9 heteroatoms. The van der Waals surface area contributed by atoms with Crippen molar-refractivity contribution < 1.29 is 21.6 Å². The van der Waals surface area contributed by atoms with E-state index < -0.39 is 19.9 Å². The summed E-state index contributed by atoms with van der Waals surface area (Å²) in [5.41, 5.74) is 0.304. The van der Waals surface area contributed by atoms with Crippen molar-refractivity contribution >= 4 is 25.8 Å². The number of hydrogen-bond donors (Lipinski definition) is 2. The zero-order valence-electron chi connectivity index (χ0n) is 16.5. The van der Waals surface area contributed by atoms with E-state index in [1.165, 1.54) is 24.3 Å². The summed E-state index contributed by atoms with van der Waals surface area (Å²) >= 11 is 0. The maximum absolute atomic E-state index is 12.2. The van der Waals surface area contributed by atoms with Crippen LogP contribution >= 0.6 is 0 Å². The maximum Gasteiger partial charge on any atom is 0.251 e. The molecule has 0 spiro atoms. The Balaban J connectivity index is 1.88. The van der Waals surface area contributed by atoms with Crippen molar-refractivity contribution in [3.8, 4) is 0 Å². The van der Waals surface area contributed by atoms with Gasteiger partial charge in [-0.15, -0.1) is 0 Å². The maximum atomic E-state index is 12.2. The van der Waals surface area contributed by atoms with E-state index in [0.29, 0.717) is 12.0 Å². The van der Waals surface area contributed by atoms with Crippen molar-refractivity contribution in [3.05, 3.63) is 60.2 Å². The molecule has 0 aromatic heterocycles. The highest BCUT2D eigenvalue weighted by atomic mass is 32.2. The fraction of sp³-hybridized carbons (Fsp3) is 0.350. The van der Waals surface area contributed by atoms with Crippen LogP contribution in [0.2, 0.25) is 0 Å². The molecule has 2 N–H and O–H groups in total. The van der Waals surface area contributed by atoms with Crippen molar-refractivity contribution in [2.75, 3.05) is 12.3 Å². The Morgan fingerprint density at radius 2 is 1.55 bits per heavy atom. The van der Waals surface area contributed by atoms with Gasteiger partial charge in [0.05, 0.1) is 15.5 Å². The van der Waals surface area contributed by atoms with Crippen LogP contribution in [0.15, 0.2) is 64.4 Å². The Labute approximate surface area is 172 Å². The number of carbonyl (C=O) groups excluding carboxylic acids is 1. The van der Waals surface area contributed by atoms with E-state index in [-0.39, 0.29) is 40.5 Å². The van der Waals surface area contributed by atoms with Gasteiger partial charge in [-0.3, -0.25) is 4.79 Å². The highest BCUT2D eigenvalue weighted by molar-refractivity contribution is 7.91. The summed E-state index contributed by atoms with van der Waals surface area (Å²) in [7, 11) is -7.01. The van der Waals surface area contributed by atoms with Gasteiger partial charge < -0.3 is 5.32 Å². The Kier molecular flexibility index (Phi) is 7.95. The third kappa shape index (κ3) is 6.66. The number of benzene rings is 2. The predicted octanol–water partition coefficient (Wildman–Crippen LogP) is 2.36. The molecule has 29 heavy (non-hydrogen) atoms. The van der Waals surface area contributed by atoms with Crippen LogP contribution in [0, 0.1) is 0 Å². The fourth-order valence-electron chi connectivity index (χ4n) is 2.51. The van der Waals surface area contributed by atoms with Crippen molar-refractivity contribution in [1.82, 2.24) is 10.0 Å². The van der Waals surface area contributed by atoms with Crippen molar-refractivity contribution in [2.24, 2.45) is 0 Å². The molecule has 0 saturated heterocycles. The van der Waals surface area contributed by atoms with Crippen molar-refractivity contribution in [3.63, 3.8) is 0 Å². The minimum absolute atomic E-state index is 0.0737. The predicted molar refractivity (Wildman–Crippen MR) is 112 cm³/mol. The first kappa shape index (κ1) is 23.1. The van der Waals surface area contributed by atoms with Gasteiger partial charge in [-0.2, -0.15) is 0 Å². The second kappa shape index (κ2) is 10.00. The lowest BCUT2D eigenvalue weighted by molar-refractivity contribution is 0.0953. The molecule has 0 bridgehead atoms. The summed E-state index contributed by atoms with van der Waals surface area (Å²) in [4.78, 5) is 12.5. The molecule has 2 aromatic carbocycles. The summed E-state index contributed by atoms with van der Waals surface area (Å²) in [5, 5.41) is 2.65. The molecule has 0 radical (unpaired) electrons. The summed E-state index contributed by atoms with van der Waals surface area (Å²) in [6.45, 7) is 3.85. The van der Waals surface area contributed by atoms with Gasteiger partial charge in [-0.1, -0.05) is 25.1 Å². The van der Waals surface area contributed by atoms with Crippen LogP contribution in [-0.2, 0) is 19.9 Å². The molecule has 1 amide bonds. The van der Waals surface area contributed by atoms with Crippen molar-refractivity contribution in [2.45, 2.75) is 42.5 Å². The second-order valence-corrected chi connectivity index (χ2v) is 10.5. The third-order valence-electron chi connectivity index (χ3n) is 4.37. The highest BCUT2D eigenvalue weighted by Gasteiger charge is 2.17. The van der Waals surface area contributed by atoms with Gasteiger partial charge >= 0.3 is 0 Å². The van der Waals surface area contributed by atoms with E-state index in [1.807, 2.05) is 6.92 Å². The molecule has 2 rings (SSSR count). The molecular weight excluding hydrogens is 412 g/mol. The molecule has 0 fully saturated rings. The van der Waals surface area contributed by atoms with Gasteiger partial charge in [-0.25, -0.2) is 21.6 Å². The topological polar surface area (TPSA) is 109 Å².